The van der Waals surface area contributed by atoms with Gasteiger partial charge in [-0.1, -0.05) is 0 Å². The number of aromatic nitrogens is 2. The van der Waals surface area contributed by atoms with Crippen molar-refractivity contribution in [3.8, 4) is 0 Å². The number of urea groups is 1. The molecule has 4 atom stereocenters. The van der Waals surface area contributed by atoms with Crippen LogP contribution in [0, 0.1) is 5.92 Å². The summed E-state index contributed by atoms with van der Waals surface area (Å²) in [7, 11) is -4.82. The van der Waals surface area contributed by atoms with Crippen molar-refractivity contribution in [1.82, 2.24) is 30.3 Å². The van der Waals surface area contributed by atoms with Gasteiger partial charge >= 0.3 is 16.4 Å². The maximum absolute atomic E-state index is 12.5. The molecule has 4 rings (SSSR count). The van der Waals surface area contributed by atoms with Gasteiger partial charge in [-0.05, 0) is 25.2 Å². The number of carbonyl (C=O) groups is 2. The van der Waals surface area contributed by atoms with Crippen LogP contribution in [0.3, 0.4) is 0 Å². The standard InChI is InChI=1S/C16H24N6O7S/c23-15(14-2-1-13-8-21(14)16(24)22(13)29-30(25,26)27)19-28-9-12-5-11(6-18-12)7-20-4-3-17-10-20/h3-4,10-14,18H,1-2,5-9H2,(H,19,23)(H,25,26,27)/t11-,12-,13?,14?/m1/s1. The highest BCUT2D eigenvalue weighted by molar-refractivity contribution is 7.80. The lowest BCUT2D eigenvalue weighted by molar-refractivity contribution is -0.139. The lowest BCUT2D eigenvalue weighted by Gasteiger charge is -2.29. The van der Waals surface area contributed by atoms with E-state index in [0.717, 1.165) is 19.5 Å². The third-order valence-electron chi connectivity index (χ3n) is 5.60. The number of hydrogen-bond donors (Lipinski definition) is 3. The summed E-state index contributed by atoms with van der Waals surface area (Å²) in [6.45, 7) is 2.12. The number of carbonyl (C=O) groups excluding carboxylic acids is 2. The summed E-state index contributed by atoms with van der Waals surface area (Å²) in [5, 5.41) is 3.96. The number of nitrogens with one attached hydrogen (secondary N) is 2. The predicted molar refractivity (Wildman–Crippen MR) is 99.6 cm³/mol. The molecule has 0 spiro atoms. The van der Waals surface area contributed by atoms with Gasteiger partial charge < -0.3 is 14.8 Å². The zero-order valence-corrected chi connectivity index (χ0v) is 16.9. The number of hydrogen-bond acceptors (Lipinski definition) is 8. The van der Waals surface area contributed by atoms with Crippen molar-refractivity contribution in [1.29, 1.82) is 0 Å². The normalized spacial score (nSPS) is 28.9. The number of rotatable bonds is 8. The van der Waals surface area contributed by atoms with E-state index in [0.29, 0.717) is 23.8 Å². The van der Waals surface area contributed by atoms with E-state index >= 15 is 0 Å². The summed E-state index contributed by atoms with van der Waals surface area (Å²) in [5.74, 6) is -0.0433. The molecule has 1 aromatic rings. The van der Waals surface area contributed by atoms with Gasteiger partial charge in [-0.15, -0.1) is 4.28 Å². The molecule has 3 fully saturated rings. The Hall–Kier alpha value is -2.26. The third-order valence-corrected chi connectivity index (χ3v) is 5.95. The molecule has 2 bridgehead atoms. The molecular weight excluding hydrogens is 420 g/mol. The van der Waals surface area contributed by atoms with Gasteiger partial charge in [0, 0.05) is 38.1 Å². The summed E-state index contributed by atoms with van der Waals surface area (Å²) >= 11 is 0. The Balaban J connectivity index is 1.22. The number of piperidine rings is 1. The van der Waals surface area contributed by atoms with Crippen LogP contribution < -0.4 is 10.8 Å². The molecule has 30 heavy (non-hydrogen) atoms. The molecule has 0 aromatic carbocycles. The predicted octanol–water partition coefficient (Wildman–Crippen LogP) is -1.09. The molecule has 4 heterocycles. The first-order valence-electron chi connectivity index (χ1n) is 9.68. The number of fused-ring (bicyclic) bond motifs is 2. The van der Waals surface area contributed by atoms with Gasteiger partial charge in [0.25, 0.3) is 5.91 Å². The Bertz CT molecular complexity index is 879. The SMILES string of the molecule is O=C(NOC[C@H]1C[C@@H](Cn2ccnc2)CN1)C1CCC2CN1C(=O)N2OS(=O)(=O)O. The summed E-state index contributed by atoms with van der Waals surface area (Å²) < 4.78 is 37.0. The molecule has 3 aliphatic rings. The number of nitrogens with zero attached hydrogens (tertiary/aromatic N) is 4. The van der Waals surface area contributed by atoms with E-state index in [9.17, 15) is 18.0 Å². The quantitative estimate of drug-likeness (QED) is 0.335. The lowest BCUT2D eigenvalue weighted by atomic mass is 10.0. The fourth-order valence-corrected chi connectivity index (χ4v) is 4.64. The van der Waals surface area contributed by atoms with Crippen LogP contribution in [-0.2, 0) is 30.9 Å². The second-order valence-electron chi connectivity index (χ2n) is 7.75. The summed E-state index contributed by atoms with van der Waals surface area (Å²) in [6, 6.07) is -2.02. The Labute approximate surface area is 173 Å². The molecule has 166 valence electrons. The molecule has 0 saturated carbocycles. The molecule has 3 N–H and O–H groups in total. The minimum atomic E-state index is -4.82. The minimum absolute atomic E-state index is 0.0987. The van der Waals surface area contributed by atoms with Gasteiger partial charge in [0.15, 0.2) is 0 Å². The van der Waals surface area contributed by atoms with Gasteiger partial charge in [-0.2, -0.15) is 13.5 Å². The van der Waals surface area contributed by atoms with Crippen LogP contribution in [0.2, 0.25) is 0 Å². The molecular formula is C16H24N6O7S. The van der Waals surface area contributed by atoms with Crippen LogP contribution in [-0.4, -0.2) is 82.2 Å². The highest BCUT2D eigenvalue weighted by Crippen LogP contribution is 2.30. The fraction of sp³-hybridized carbons (Fsp3) is 0.688. The topological polar surface area (TPSA) is 155 Å². The molecule has 13 nitrogen and oxygen atoms in total. The zero-order valence-electron chi connectivity index (χ0n) is 16.1. The first-order valence-corrected chi connectivity index (χ1v) is 11.0. The molecule has 2 unspecified atom stereocenters. The van der Waals surface area contributed by atoms with Crippen LogP contribution in [0.15, 0.2) is 18.7 Å². The molecule has 14 heteroatoms. The molecule has 3 aliphatic heterocycles. The Morgan fingerprint density at radius 2 is 2.23 bits per heavy atom. The fourth-order valence-electron chi connectivity index (χ4n) is 4.25. The van der Waals surface area contributed by atoms with Gasteiger partial charge in [-0.25, -0.2) is 15.3 Å². The maximum Gasteiger partial charge on any atom is 0.418 e. The van der Waals surface area contributed by atoms with E-state index in [1.807, 2.05) is 10.8 Å². The van der Waals surface area contributed by atoms with Crippen LogP contribution >= 0.6 is 0 Å². The van der Waals surface area contributed by atoms with E-state index in [4.69, 9.17) is 9.39 Å². The Morgan fingerprint density at radius 3 is 2.97 bits per heavy atom. The second kappa shape index (κ2) is 8.47. The van der Waals surface area contributed by atoms with Gasteiger partial charge in [0.1, 0.15) is 6.04 Å². The highest BCUT2D eigenvalue weighted by Gasteiger charge is 2.49. The average Bonchev–Trinajstić information content (AvgIpc) is 3.40. The van der Waals surface area contributed by atoms with Gasteiger partial charge in [0.2, 0.25) is 0 Å². The van der Waals surface area contributed by atoms with Crippen molar-refractivity contribution in [2.24, 2.45) is 5.92 Å². The average molecular weight is 444 g/mol. The maximum atomic E-state index is 12.5. The van der Waals surface area contributed by atoms with E-state index in [-0.39, 0.29) is 19.2 Å². The zero-order chi connectivity index (χ0) is 21.3. The minimum Gasteiger partial charge on any atom is -0.337 e. The van der Waals surface area contributed by atoms with Crippen molar-refractivity contribution in [3.63, 3.8) is 0 Å². The highest BCUT2D eigenvalue weighted by atomic mass is 32.3. The molecule has 3 amide bonds. The van der Waals surface area contributed by atoms with Crippen molar-refractivity contribution >= 4 is 22.3 Å². The van der Waals surface area contributed by atoms with E-state index in [1.54, 1.807) is 12.5 Å². The number of amides is 3. The molecule has 1 aromatic heterocycles. The van der Waals surface area contributed by atoms with Crippen LogP contribution in [0.1, 0.15) is 19.3 Å². The third kappa shape index (κ3) is 4.73. The Morgan fingerprint density at radius 1 is 1.40 bits per heavy atom. The van der Waals surface area contributed by atoms with Crippen LogP contribution in [0.5, 0.6) is 0 Å². The summed E-state index contributed by atoms with van der Waals surface area (Å²) in [4.78, 5) is 35.4. The first-order chi connectivity index (χ1) is 14.3. The number of hydroxylamine groups is 3. The molecule has 0 aliphatic carbocycles. The van der Waals surface area contributed by atoms with Crippen LogP contribution in [0.4, 0.5) is 4.79 Å². The van der Waals surface area contributed by atoms with Gasteiger partial charge in [-0.3, -0.25) is 14.2 Å². The van der Waals surface area contributed by atoms with Crippen molar-refractivity contribution in [2.75, 3.05) is 19.7 Å². The van der Waals surface area contributed by atoms with Crippen molar-refractivity contribution in [3.05, 3.63) is 18.7 Å². The van der Waals surface area contributed by atoms with Crippen LogP contribution in [0.25, 0.3) is 0 Å². The lowest BCUT2D eigenvalue weighted by Crippen LogP contribution is -2.50. The molecule has 0 radical (unpaired) electrons. The molecule has 3 saturated heterocycles. The van der Waals surface area contributed by atoms with Crippen molar-refractivity contribution in [2.45, 2.75) is 43.9 Å². The van der Waals surface area contributed by atoms with E-state index in [2.05, 4.69) is 20.1 Å². The van der Waals surface area contributed by atoms with Gasteiger partial charge in [0.05, 0.1) is 19.0 Å². The smallest absolute Gasteiger partial charge is 0.337 e. The Kier molecular flexibility index (Phi) is 5.92. The number of imidazole rings is 1. The first kappa shape index (κ1) is 21.0. The summed E-state index contributed by atoms with van der Waals surface area (Å²) in [5.41, 5.74) is 2.39. The van der Waals surface area contributed by atoms with E-state index < -0.39 is 34.4 Å². The van der Waals surface area contributed by atoms with Crippen molar-refractivity contribution < 1.29 is 31.7 Å². The second-order valence-corrected chi connectivity index (χ2v) is 8.76. The van der Waals surface area contributed by atoms with E-state index in [1.165, 1.54) is 4.90 Å². The summed E-state index contributed by atoms with van der Waals surface area (Å²) in [6.07, 6.45) is 7.01. The largest absolute Gasteiger partial charge is 0.418 e. The monoisotopic (exact) mass is 444 g/mol.